The zero-order valence-corrected chi connectivity index (χ0v) is 11.4. The predicted octanol–water partition coefficient (Wildman–Crippen LogP) is 2.43. The monoisotopic (exact) mass is 264 g/mol. The van der Waals surface area contributed by atoms with E-state index < -0.39 is 5.97 Å². The summed E-state index contributed by atoms with van der Waals surface area (Å²) in [7, 11) is 1.69. The van der Waals surface area contributed by atoms with Crippen molar-refractivity contribution < 1.29 is 14.7 Å². The Kier molecular flexibility index (Phi) is 5.85. The Hall–Kier alpha value is -2.04. The molecule has 0 saturated carbocycles. The number of urea groups is 1. The van der Waals surface area contributed by atoms with Crippen LogP contribution in [0.15, 0.2) is 30.3 Å². The van der Waals surface area contributed by atoms with Gasteiger partial charge in [0, 0.05) is 19.3 Å². The van der Waals surface area contributed by atoms with E-state index in [1.54, 1.807) is 36.2 Å². The lowest BCUT2D eigenvalue weighted by Crippen LogP contribution is -2.44. The Morgan fingerprint density at radius 3 is 2.37 bits per heavy atom. The number of unbranched alkanes of at least 4 members (excludes halogenated alkanes) is 1. The van der Waals surface area contributed by atoms with Crippen molar-refractivity contribution in [3.8, 4) is 0 Å². The molecule has 0 heterocycles. The summed E-state index contributed by atoms with van der Waals surface area (Å²) in [6.45, 7) is 2.34. The first-order valence-corrected chi connectivity index (χ1v) is 6.35. The number of carbonyl (C=O) groups excluding carboxylic acids is 1. The molecule has 0 atom stereocenters. The van der Waals surface area contributed by atoms with E-state index in [0.29, 0.717) is 12.2 Å². The van der Waals surface area contributed by atoms with Crippen molar-refractivity contribution in [2.24, 2.45) is 0 Å². The van der Waals surface area contributed by atoms with Crippen molar-refractivity contribution in [1.29, 1.82) is 0 Å². The normalized spacial score (nSPS) is 10.0. The summed E-state index contributed by atoms with van der Waals surface area (Å²) in [5.74, 6) is -1.03. The Balaban J connectivity index is 2.85. The average Bonchev–Trinajstić information content (AvgIpc) is 2.42. The van der Waals surface area contributed by atoms with Gasteiger partial charge in [0.1, 0.15) is 6.54 Å². The molecule has 0 aliphatic heterocycles. The van der Waals surface area contributed by atoms with Crippen LogP contribution >= 0.6 is 0 Å². The van der Waals surface area contributed by atoms with Crippen molar-refractivity contribution in [3.63, 3.8) is 0 Å². The SMILES string of the molecule is CCCCN(C)C(=O)N(CC(=O)O)c1ccccc1. The Bertz CT molecular complexity index is 420. The summed E-state index contributed by atoms with van der Waals surface area (Å²) in [5, 5.41) is 8.94. The van der Waals surface area contributed by atoms with Gasteiger partial charge in [0.25, 0.3) is 0 Å². The summed E-state index contributed by atoms with van der Waals surface area (Å²) < 4.78 is 0. The van der Waals surface area contributed by atoms with Crippen molar-refractivity contribution in [2.45, 2.75) is 19.8 Å². The van der Waals surface area contributed by atoms with E-state index in [2.05, 4.69) is 0 Å². The van der Waals surface area contributed by atoms with Crippen LogP contribution in [-0.2, 0) is 4.79 Å². The molecule has 0 fully saturated rings. The lowest BCUT2D eigenvalue weighted by atomic mass is 10.3. The van der Waals surface area contributed by atoms with E-state index in [-0.39, 0.29) is 12.6 Å². The summed E-state index contributed by atoms with van der Waals surface area (Å²) in [5.41, 5.74) is 0.596. The standard InChI is InChI=1S/C14H20N2O3/c1-3-4-10-15(2)14(19)16(11-13(17)18)12-8-6-5-7-9-12/h5-9H,3-4,10-11H2,1-2H3,(H,17,18). The van der Waals surface area contributed by atoms with Crippen LogP contribution in [0.2, 0.25) is 0 Å². The molecule has 0 bridgehead atoms. The van der Waals surface area contributed by atoms with E-state index in [1.165, 1.54) is 4.90 Å². The van der Waals surface area contributed by atoms with Crippen LogP contribution in [0, 0.1) is 0 Å². The van der Waals surface area contributed by atoms with Gasteiger partial charge in [-0.2, -0.15) is 0 Å². The van der Waals surface area contributed by atoms with Crippen LogP contribution < -0.4 is 4.90 Å². The van der Waals surface area contributed by atoms with Crippen molar-refractivity contribution in [1.82, 2.24) is 4.90 Å². The van der Waals surface area contributed by atoms with E-state index >= 15 is 0 Å². The van der Waals surface area contributed by atoms with Gasteiger partial charge in [-0.3, -0.25) is 9.69 Å². The fourth-order valence-corrected chi connectivity index (χ4v) is 1.71. The molecule has 0 aliphatic carbocycles. The molecule has 1 aromatic carbocycles. The molecule has 19 heavy (non-hydrogen) atoms. The molecule has 0 aromatic heterocycles. The molecule has 0 saturated heterocycles. The van der Waals surface area contributed by atoms with Crippen LogP contribution in [0.5, 0.6) is 0 Å². The van der Waals surface area contributed by atoms with Crippen molar-refractivity contribution in [2.75, 3.05) is 25.0 Å². The molecular weight excluding hydrogens is 244 g/mol. The second-order valence-corrected chi connectivity index (χ2v) is 4.37. The van der Waals surface area contributed by atoms with Crippen LogP contribution in [0.25, 0.3) is 0 Å². The van der Waals surface area contributed by atoms with E-state index in [0.717, 1.165) is 12.8 Å². The summed E-state index contributed by atoms with van der Waals surface area (Å²) >= 11 is 0. The maximum absolute atomic E-state index is 12.3. The third kappa shape index (κ3) is 4.62. The molecule has 5 nitrogen and oxygen atoms in total. The zero-order valence-electron chi connectivity index (χ0n) is 11.4. The molecule has 0 unspecified atom stereocenters. The first-order chi connectivity index (χ1) is 9.06. The van der Waals surface area contributed by atoms with E-state index in [1.807, 2.05) is 13.0 Å². The highest BCUT2D eigenvalue weighted by molar-refractivity contribution is 5.96. The van der Waals surface area contributed by atoms with E-state index in [4.69, 9.17) is 5.11 Å². The molecule has 1 N–H and O–H groups in total. The molecule has 104 valence electrons. The van der Waals surface area contributed by atoms with Gasteiger partial charge < -0.3 is 10.0 Å². The van der Waals surface area contributed by atoms with Gasteiger partial charge in [-0.25, -0.2) is 4.79 Å². The summed E-state index contributed by atoms with van der Waals surface area (Å²) in [6.07, 6.45) is 1.89. The topological polar surface area (TPSA) is 60.9 Å². The summed E-state index contributed by atoms with van der Waals surface area (Å²) in [6, 6.07) is 8.56. The number of hydrogen-bond donors (Lipinski definition) is 1. The van der Waals surface area contributed by atoms with Crippen LogP contribution in [0.3, 0.4) is 0 Å². The second kappa shape index (κ2) is 7.41. The Morgan fingerprint density at radius 2 is 1.84 bits per heavy atom. The van der Waals surface area contributed by atoms with Gasteiger partial charge in [-0.15, -0.1) is 0 Å². The molecule has 0 aliphatic rings. The van der Waals surface area contributed by atoms with E-state index in [9.17, 15) is 9.59 Å². The lowest BCUT2D eigenvalue weighted by molar-refractivity contribution is -0.135. The largest absolute Gasteiger partial charge is 0.480 e. The van der Waals surface area contributed by atoms with Crippen LogP contribution in [0.4, 0.5) is 10.5 Å². The fourth-order valence-electron chi connectivity index (χ4n) is 1.71. The zero-order chi connectivity index (χ0) is 14.3. The second-order valence-electron chi connectivity index (χ2n) is 4.37. The number of para-hydroxylation sites is 1. The molecular formula is C14H20N2O3. The highest BCUT2D eigenvalue weighted by Crippen LogP contribution is 2.15. The number of nitrogens with zero attached hydrogens (tertiary/aromatic N) is 2. The Morgan fingerprint density at radius 1 is 1.21 bits per heavy atom. The number of benzene rings is 1. The van der Waals surface area contributed by atoms with Gasteiger partial charge >= 0.3 is 12.0 Å². The smallest absolute Gasteiger partial charge is 0.324 e. The molecule has 1 rings (SSSR count). The number of carbonyl (C=O) groups is 2. The van der Waals surface area contributed by atoms with Gasteiger partial charge in [0.15, 0.2) is 0 Å². The quantitative estimate of drug-likeness (QED) is 0.858. The first kappa shape index (κ1) is 15.0. The maximum Gasteiger partial charge on any atom is 0.324 e. The first-order valence-electron chi connectivity index (χ1n) is 6.35. The van der Waals surface area contributed by atoms with Crippen LogP contribution in [0.1, 0.15) is 19.8 Å². The fraction of sp³-hybridized carbons (Fsp3) is 0.429. The van der Waals surface area contributed by atoms with Gasteiger partial charge in [-0.1, -0.05) is 31.5 Å². The third-order valence-electron chi connectivity index (χ3n) is 2.77. The summed E-state index contributed by atoms with van der Waals surface area (Å²) in [4.78, 5) is 26.0. The minimum absolute atomic E-state index is 0.290. The maximum atomic E-state index is 12.3. The van der Waals surface area contributed by atoms with Crippen molar-refractivity contribution in [3.05, 3.63) is 30.3 Å². The molecule has 5 heteroatoms. The highest BCUT2D eigenvalue weighted by Gasteiger charge is 2.21. The Labute approximate surface area is 113 Å². The number of anilines is 1. The minimum Gasteiger partial charge on any atom is -0.480 e. The molecule has 1 aromatic rings. The molecule has 2 amide bonds. The molecule has 0 spiro atoms. The van der Waals surface area contributed by atoms with Gasteiger partial charge in [-0.05, 0) is 18.6 Å². The molecule has 0 radical (unpaired) electrons. The predicted molar refractivity (Wildman–Crippen MR) is 74.4 cm³/mol. The lowest BCUT2D eigenvalue weighted by Gasteiger charge is -2.27. The number of rotatable bonds is 6. The van der Waals surface area contributed by atoms with Crippen molar-refractivity contribution >= 4 is 17.7 Å². The number of amides is 2. The van der Waals surface area contributed by atoms with Crippen LogP contribution in [-0.4, -0.2) is 42.1 Å². The number of hydrogen-bond acceptors (Lipinski definition) is 2. The minimum atomic E-state index is -1.03. The highest BCUT2D eigenvalue weighted by atomic mass is 16.4. The third-order valence-corrected chi connectivity index (χ3v) is 2.77. The van der Waals surface area contributed by atoms with Gasteiger partial charge in [0.05, 0.1) is 0 Å². The number of carboxylic acids is 1. The number of carboxylic acid groups (broad SMARTS) is 1. The number of aliphatic carboxylic acids is 1. The van der Waals surface area contributed by atoms with Gasteiger partial charge in [0.2, 0.25) is 0 Å². The average molecular weight is 264 g/mol.